The van der Waals surface area contributed by atoms with E-state index in [4.69, 9.17) is 4.74 Å². The van der Waals surface area contributed by atoms with Crippen molar-refractivity contribution in [2.75, 3.05) is 0 Å². The number of esters is 1. The van der Waals surface area contributed by atoms with Crippen molar-refractivity contribution in [3.05, 3.63) is 30.3 Å². The zero-order valence-corrected chi connectivity index (χ0v) is 8.17. The van der Waals surface area contributed by atoms with Crippen LogP contribution in [0.5, 0.6) is 5.75 Å². The Balaban J connectivity index is 0.00000196. The first-order valence-electron chi connectivity index (χ1n) is 4.10. The Morgan fingerprint density at radius 2 is 1.93 bits per heavy atom. The van der Waals surface area contributed by atoms with E-state index in [9.17, 15) is 9.59 Å². The average molecular weight is 212 g/mol. The molecular weight excluding hydrogens is 200 g/mol. The second-order valence-corrected chi connectivity index (χ2v) is 2.55. The van der Waals surface area contributed by atoms with Crippen LogP contribution >= 0.6 is 0 Å². The Bertz CT molecular complexity index is 309. The fourth-order valence-corrected chi connectivity index (χ4v) is 0.906. The van der Waals surface area contributed by atoms with Crippen molar-refractivity contribution in [1.82, 2.24) is 0 Å². The Morgan fingerprint density at radius 3 is 2.47 bits per heavy atom. The van der Waals surface area contributed by atoms with E-state index in [-0.39, 0.29) is 11.8 Å². The monoisotopic (exact) mass is 212 g/mol. The number of benzene rings is 1. The molecule has 0 amide bonds. The lowest BCUT2D eigenvalue weighted by molar-refractivity contribution is -0.163. The summed E-state index contributed by atoms with van der Waals surface area (Å²) < 4.78 is 9.76. The number of hydrogen-bond donors (Lipinski definition) is 0. The van der Waals surface area contributed by atoms with Gasteiger partial charge in [-0.3, -0.25) is 4.79 Å². The van der Waals surface area contributed by atoms with E-state index < -0.39 is 12.3 Å². The lowest BCUT2D eigenvalue weighted by Crippen LogP contribution is -2.21. The van der Waals surface area contributed by atoms with Gasteiger partial charge in [0, 0.05) is 6.92 Å². The molecule has 5 heteroatoms. The van der Waals surface area contributed by atoms with Gasteiger partial charge < -0.3 is 14.9 Å². The number of para-hydroxylation sites is 1. The topological polar surface area (TPSA) is 84.1 Å². The van der Waals surface area contributed by atoms with E-state index in [1.54, 1.807) is 24.3 Å². The minimum Gasteiger partial charge on any atom is -0.455 e. The van der Waals surface area contributed by atoms with E-state index in [2.05, 4.69) is 4.74 Å². The third kappa shape index (κ3) is 4.78. The molecule has 1 aromatic carbocycles. The minimum atomic E-state index is -0.937. The normalized spacial score (nSPS) is 10.7. The van der Waals surface area contributed by atoms with E-state index >= 15 is 0 Å². The maximum atomic E-state index is 10.5. The molecule has 0 aliphatic heterocycles. The first-order chi connectivity index (χ1) is 6.72. The van der Waals surface area contributed by atoms with E-state index in [1.165, 1.54) is 6.92 Å². The molecule has 2 N–H and O–H groups in total. The van der Waals surface area contributed by atoms with E-state index in [1.807, 2.05) is 6.07 Å². The highest BCUT2D eigenvalue weighted by atomic mass is 16.7. The Morgan fingerprint density at radius 1 is 1.33 bits per heavy atom. The van der Waals surface area contributed by atoms with Crippen LogP contribution in [0.1, 0.15) is 6.92 Å². The summed E-state index contributed by atoms with van der Waals surface area (Å²) in [6.45, 7) is 1.54. The molecule has 5 nitrogen and oxygen atoms in total. The molecular formula is C10H12O5. The molecule has 0 aliphatic rings. The number of ether oxygens (including phenoxy) is 2. The average Bonchev–Trinajstić information content (AvgIpc) is 2.19. The largest absolute Gasteiger partial charge is 0.455 e. The maximum absolute atomic E-state index is 10.5. The standard InChI is InChI=1S/C10H10O4.H2O/c1-8(14-10(12)7-11)13-9-5-3-2-4-6-9;/h2-8H,1H3;1H2. The molecule has 1 unspecified atom stereocenters. The Kier molecular flexibility index (Phi) is 5.73. The highest BCUT2D eigenvalue weighted by Crippen LogP contribution is 2.10. The molecule has 0 bridgehead atoms. The number of hydrogen-bond acceptors (Lipinski definition) is 4. The zero-order chi connectivity index (χ0) is 10.4. The van der Waals surface area contributed by atoms with Gasteiger partial charge in [-0.05, 0) is 12.1 Å². The van der Waals surface area contributed by atoms with Gasteiger partial charge in [0.05, 0.1) is 0 Å². The Labute approximate surface area is 86.9 Å². The van der Waals surface area contributed by atoms with Crippen LogP contribution in [0.15, 0.2) is 30.3 Å². The number of carbonyl (C=O) groups excluding carboxylic acids is 2. The third-order valence-corrected chi connectivity index (χ3v) is 1.42. The van der Waals surface area contributed by atoms with Crippen molar-refractivity contribution in [3.63, 3.8) is 0 Å². The molecule has 0 saturated carbocycles. The van der Waals surface area contributed by atoms with Crippen LogP contribution < -0.4 is 4.74 Å². The summed E-state index contributed by atoms with van der Waals surface area (Å²) in [5.41, 5.74) is 0. The minimum absolute atomic E-state index is 0. The molecule has 1 atom stereocenters. The van der Waals surface area contributed by atoms with Gasteiger partial charge in [-0.15, -0.1) is 0 Å². The molecule has 0 aliphatic carbocycles. The Hall–Kier alpha value is -1.88. The third-order valence-electron chi connectivity index (χ3n) is 1.42. The first kappa shape index (κ1) is 13.1. The van der Waals surface area contributed by atoms with E-state index in [0.29, 0.717) is 5.75 Å². The molecule has 82 valence electrons. The van der Waals surface area contributed by atoms with Gasteiger partial charge in [-0.2, -0.15) is 0 Å². The predicted octanol–water partition coefficient (Wildman–Crippen LogP) is 0.329. The van der Waals surface area contributed by atoms with Gasteiger partial charge in [0.15, 0.2) is 0 Å². The molecule has 15 heavy (non-hydrogen) atoms. The smallest absolute Gasteiger partial charge is 0.374 e. The lowest BCUT2D eigenvalue weighted by atomic mass is 10.3. The summed E-state index contributed by atoms with van der Waals surface area (Å²) in [5.74, 6) is -0.355. The molecule has 1 aromatic rings. The molecule has 0 radical (unpaired) electrons. The summed E-state index contributed by atoms with van der Waals surface area (Å²) in [6, 6.07) is 8.89. The highest BCUT2D eigenvalue weighted by molar-refractivity contribution is 6.20. The fourth-order valence-electron chi connectivity index (χ4n) is 0.906. The van der Waals surface area contributed by atoms with Crippen molar-refractivity contribution in [2.24, 2.45) is 0 Å². The predicted molar refractivity (Wildman–Crippen MR) is 52.3 cm³/mol. The van der Waals surface area contributed by atoms with Crippen LogP contribution in [-0.2, 0) is 14.3 Å². The second-order valence-electron chi connectivity index (χ2n) is 2.55. The van der Waals surface area contributed by atoms with Gasteiger partial charge in [0.2, 0.25) is 12.6 Å². The van der Waals surface area contributed by atoms with Gasteiger partial charge in [-0.25, -0.2) is 4.79 Å². The van der Waals surface area contributed by atoms with Crippen LogP contribution in [-0.4, -0.2) is 24.0 Å². The van der Waals surface area contributed by atoms with Crippen LogP contribution in [0, 0.1) is 0 Å². The van der Waals surface area contributed by atoms with Crippen LogP contribution in [0.2, 0.25) is 0 Å². The van der Waals surface area contributed by atoms with Crippen molar-refractivity contribution < 1.29 is 24.5 Å². The van der Waals surface area contributed by atoms with Gasteiger partial charge in [0.1, 0.15) is 5.75 Å². The molecule has 1 rings (SSSR count). The summed E-state index contributed by atoms with van der Waals surface area (Å²) >= 11 is 0. The quantitative estimate of drug-likeness (QED) is 0.311. The van der Waals surface area contributed by atoms with Gasteiger partial charge in [0.25, 0.3) is 0 Å². The fraction of sp³-hybridized carbons (Fsp3) is 0.200. The van der Waals surface area contributed by atoms with Crippen LogP contribution in [0.4, 0.5) is 0 Å². The van der Waals surface area contributed by atoms with Crippen LogP contribution in [0.3, 0.4) is 0 Å². The van der Waals surface area contributed by atoms with Crippen molar-refractivity contribution in [2.45, 2.75) is 13.2 Å². The highest BCUT2D eigenvalue weighted by Gasteiger charge is 2.08. The van der Waals surface area contributed by atoms with Crippen LogP contribution in [0.25, 0.3) is 0 Å². The maximum Gasteiger partial charge on any atom is 0.374 e. The number of rotatable bonds is 4. The summed E-state index contributed by atoms with van der Waals surface area (Å²) in [4.78, 5) is 20.5. The van der Waals surface area contributed by atoms with Crippen molar-refractivity contribution in [3.8, 4) is 5.75 Å². The molecule has 0 saturated heterocycles. The van der Waals surface area contributed by atoms with Gasteiger partial charge in [-0.1, -0.05) is 18.2 Å². The zero-order valence-electron chi connectivity index (χ0n) is 8.17. The molecule has 0 heterocycles. The number of carbonyl (C=O) groups is 2. The second kappa shape index (κ2) is 6.56. The van der Waals surface area contributed by atoms with Crippen molar-refractivity contribution in [1.29, 1.82) is 0 Å². The van der Waals surface area contributed by atoms with Gasteiger partial charge >= 0.3 is 5.97 Å². The summed E-state index contributed by atoms with van der Waals surface area (Å²) in [6.07, 6.45) is -0.666. The molecule has 0 fully saturated rings. The summed E-state index contributed by atoms with van der Waals surface area (Å²) in [5, 5.41) is 0. The molecule has 0 aromatic heterocycles. The SMILES string of the molecule is CC(OC(=O)C=O)Oc1ccccc1.O. The van der Waals surface area contributed by atoms with Crippen molar-refractivity contribution >= 4 is 12.3 Å². The molecule has 0 spiro atoms. The summed E-state index contributed by atoms with van der Waals surface area (Å²) in [7, 11) is 0. The lowest BCUT2D eigenvalue weighted by Gasteiger charge is -2.13. The van der Waals surface area contributed by atoms with E-state index in [0.717, 1.165) is 0 Å². The first-order valence-corrected chi connectivity index (χ1v) is 4.10. The number of aldehydes is 1.